The molecule has 0 aliphatic rings. The fourth-order valence-corrected chi connectivity index (χ4v) is 1.92. The van der Waals surface area contributed by atoms with E-state index in [9.17, 15) is 9.59 Å². The third kappa shape index (κ3) is 3.23. The predicted octanol–water partition coefficient (Wildman–Crippen LogP) is 2.07. The van der Waals surface area contributed by atoms with E-state index in [-0.39, 0.29) is 12.5 Å². The summed E-state index contributed by atoms with van der Waals surface area (Å²) in [6, 6.07) is 5.13. The highest BCUT2D eigenvalue weighted by Crippen LogP contribution is 2.28. The lowest BCUT2D eigenvalue weighted by molar-refractivity contribution is -0.127. The SMILES string of the molecule is CCN(CC(=O)N(C)C)c1c(Cl)cccc1C=O. The van der Waals surface area contributed by atoms with Crippen molar-refractivity contribution in [3.63, 3.8) is 0 Å². The Balaban J connectivity index is 3.09. The Morgan fingerprint density at radius 2 is 2.06 bits per heavy atom. The van der Waals surface area contributed by atoms with Crippen LogP contribution in [0.15, 0.2) is 18.2 Å². The fourth-order valence-electron chi connectivity index (χ4n) is 1.61. The van der Waals surface area contributed by atoms with E-state index in [0.29, 0.717) is 22.8 Å². The highest BCUT2D eigenvalue weighted by atomic mass is 35.5. The van der Waals surface area contributed by atoms with Gasteiger partial charge in [0.1, 0.15) is 0 Å². The van der Waals surface area contributed by atoms with Gasteiger partial charge >= 0.3 is 0 Å². The molecule has 0 aliphatic heterocycles. The number of para-hydroxylation sites is 1. The molecule has 0 spiro atoms. The van der Waals surface area contributed by atoms with Crippen LogP contribution in [0.25, 0.3) is 0 Å². The summed E-state index contributed by atoms with van der Waals surface area (Å²) >= 11 is 6.12. The molecule has 0 aliphatic carbocycles. The Morgan fingerprint density at radius 1 is 1.39 bits per heavy atom. The second-order valence-electron chi connectivity index (χ2n) is 4.10. The van der Waals surface area contributed by atoms with Crippen LogP contribution in [0.3, 0.4) is 0 Å². The van der Waals surface area contributed by atoms with Gasteiger partial charge in [-0.3, -0.25) is 9.59 Å². The monoisotopic (exact) mass is 268 g/mol. The first kappa shape index (κ1) is 14.5. The van der Waals surface area contributed by atoms with Gasteiger partial charge in [-0.05, 0) is 19.1 Å². The second kappa shape index (κ2) is 6.40. The molecule has 18 heavy (non-hydrogen) atoms. The van der Waals surface area contributed by atoms with Gasteiger partial charge in [-0.2, -0.15) is 0 Å². The molecule has 4 nitrogen and oxygen atoms in total. The summed E-state index contributed by atoms with van der Waals surface area (Å²) in [7, 11) is 3.40. The number of anilines is 1. The number of rotatable bonds is 5. The van der Waals surface area contributed by atoms with E-state index in [1.54, 1.807) is 37.2 Å². The van der Waals surface area contributed by atoms with Crippen molar-refractivity contribution in [3.8, 4) is 0 Å². The molecule has 0 heterocycles. The van der Waals surface area contributed by atoms with Gasteiger partial charge in [0.05, 0.1) is 17.3 Å². The first-order chi connectivity index (χ1) is 8.51. The van der Waals surface area contributed by atoms with E-state index in [2.05, 4.69) is 0 Å². The van der Waals surface area contributed by atoms with Gasteiger partial charge < -0.3 is 9.80 Å². The maximum Gasteiger partial charge on any atom is 0.241 e. The molecule has 0 saturated carbocycles. The lowest BCUT2D eigenvalue weighted by Gasteiger charge is -2.26. The largest absolute Gasteiger partial charge is 0.361 e. The average molecular weight is 269 g/mol. The van der Waals surface area contributed by atoms with E-state index < -0.39 is 0 Å². The number of carbonyl (C=O) groups excluding carboxylic acids is 2. The highest BCUT2D eigenvalue weighted by Gasteiger charge is 2.17. The number of aldehydes is 1. The zero-order valence-corrected chi connectivity index (χ0v) is 11.6. The molecule has 0 unspecified atom stereocenters. The Bertz CT molecular complexity index is 447. The van der Waals surface area contributed by atoms with Gasteiger partial charge in [-0.1, -0.05) is 17.7 Å². The smallest absolute Gasteiger partial charge is 0.241 e. The van der Waals surface area contributed by atoms with Gasteiger partial charge in [0.2, 0.25) is 5.91 Å². The van der Waals surface area contributed by atoms with Gasteiger partial charge in [0, 0.05) is 26.2 Å². The average Bonchev–Trinajstić information content (AvgIpc) is 2.35. The summed E-state index contributed by atoms with van der Waals surface area (Å²) in [5.74, 6) is -0.0337. The maximum absolute atomic E-state index is 11.7. The molecule has 5 heteroatoms. The summed E-state index contributed by atoms with van der Waals surface area (Å²) in [6.07, 6.45) is 0.754. The Hall–Kier alpha value is -1.55. The molecule has 1 rings (SSSR count). The molecular weight excluding hydrogens is 252 g/mol. The third-order valence-electron chi connectivity index (χ3n) is 2.67. The summed E-state index contributed by atoms with van der Waals surface area (Å²) < 4.78 is 0. The van der Waals surface area contributed by atoms with Gasteiger partial charge in [0.15, 0.2) is 6.29 Å². The summed E-state index contributed by atoms with van der Waals surface area (Å²) in [5.41, 5.74) is 1.11. The predicted molar refractivity (Wildman–Crippen MR) is 73.4 cm³/mol. The van der Waals surface area contributed by atoms with Crippen molar-refractivity contribution in [2.45, 2.75) is 6.92 Å². The molecule has 0 bridgehead atoms. The normalized spacial score (nSPS) is 10.0. The highest BCUT2D eigenvalue weighted by molar-refractivity contribution is 6.34. The van der Waals surface area contributed by atoms with Crippen molar-refractivity contribution in [2.24, 2.45) is 0 Å². The van der Waals surface area contributed by atoms with Crippen LogP contribution >= 0.6 is 11.6 Å². The van der Waals surface area contributed by atoms with E-state index in [4.69, 9.17) is 11.6 Å². The number of likely N-dealkylation sites (N-methyl/N-ethyl adjacent to an activating group) is 2. The topological polar surface area (TPSA) is 40.6 Å². The van der Waals surface area contributed by atoms with Crippen molar-refractivity contribution < 1.29 is 9.59 Å². The number of benzene rings is 1. The number of halogens is 1. The van der Waals surface area contributed by atoms with Crippen LogP contribution in [0, 0.1) is 0 Å². The number of hydrogen-bond donors (Lipinski definition) is 0. The Morgan fingerprint density at radius 3 is 2.56 bits per heavy atom. The van der Waals surface area contributed by atoms with Crippen molar-refractivity contribution in [2.75, 3.05) is 32.1 Å². The minimum absolute atomic E-state index is 0.0337. The van der Waals surface area contributed by atoms with Gasteiger partial charge in [-0.25, -0.2) is 0 Å². The second-order valence-corrected chi connectivity index (χ2v) is 4.51. The molecule has 1 aromatic carbocycles. The van der Waals surface area contributed by atoms with Crippen LogP contribution in [0.1, 0.15) is 17.3 Å². The standard InChI is InChI=1S/C13H17ClN2O2/c1-4-16(8-12(18)15(2)3)13-10(9-17)6-5-7-11(13)14/h5-7,9H,4,8H2,1-3H3. The van der Waals surface area contributed by atoms with E-state index in [1.807, 2.05) is 6.92 Å². The molecule has 1 aromatic rings. The molecule has 0 radical (unpaired) electrons. The van der Waals surface area contributed by atoms with Crippen LogP contribution < -0.4 is 4.90 Å². The fraction of sp³-hybridized carbons (Fsp3) is 0.385. The van der Waals surface area contributed by atoms with E-state index in [1.165, 1.54) is 4.90 Å². The van der Waals surface area contributed by atoms with Crippen LogP contribution in [-0.2, 0) is 4.79 Å². The summed E-state index contributed by atoms with van der Waals surface area (Å²) in [6.45, 7) is 2.72. The summed E-state index contributed by atoms with van der Waals surface area (Å²) in [5, 5.41) is 0.480. The van der Waals surface area contributed by atoms with Gasteiger partial charge in [-0.15, -0.1) is 0 Å². The number of carbonyl (C=O) groups is 2. The van der Waals surface area contributed by atoms with Crippen molar-refractivity contribution >= 4 is 29.5 Å². The van der Waals surface area contributed by atoms with Gasteiger partial charge in [0.25, 0.3) is 0 Å². The first-order valence-corrected chi connectivity index (χ1v) is 6.07. The molecule has 0 saturated heterocycles. The quantitative estimate of drug-likeness (QED) is 0.768. The molecular formula is C13H17ClN2O2. The number of amides is 1. The molecule has 0 atom stereocenters. The van der Waals surface area contributed by atoms with Crippen molar-refractivity contribution in [3.05, 3.63) is 28.8 Å². The third-order valence-corrected chi connectivity index (χ3v) is 2.97. The first-order valence-electron chi connectivity index (χ1n) is 5.70. The van der Waals surface area contributed by atoms with E-state index >= 15 is 0 Å². The zero-order chi connectivity index (χ0) is 13.7. The number of hydrogen-bond acceptors (Lipinski definition) is 3. The molecule has 1 amide bonds. The van der Waals surface area contributed by atoms with E-state index in [0.717, 1.165) is 6.29 Å². The Kier molecular flexibility index (Phi) is 5.16. The lowest BCUT2D eigenvalue weighted by Crippen LogP contribution is -2.37. The zero-order valence-electron chi connectivity index (χ0n) is 10.8. The van der Waals surface area contributed by atoms with Crippen molar-refractivity contribution in [1.29, 1.82) is 0 Å². The minimum Gasteiger partial charge on any atom is -0.361 e. The lowest BCUT2D eigenvalue weighted by atomic mass is 10.1. The molecule has 98 valence electrons. The minimum atomic E-state index is -0.0337. The summed E-state index contributed by atoms with van der Waals surface area (Å²) in [4.78, 5) is 26.1. The maximum atomic E-state index is 11.7. The van der Waals surface area contributed by atoms with Crippen LogP contribution in [0.4, 0.5) is 5.69 Å². The molecule has 0 N–H and O–H groups in total. The van der Waals surface area contributed by atoms with Crippen LogP contribution in [0.2, 0.25) is 5.02 Å². The molecule has 0 aromatic heterocycles. The molecule has 0 fully saturated rings. The van der Waals surface area contributed by atoms with Crippen molar-refractivity contribution in [1.82, 2.24) is 4.90 Å². The van der Waals surface area contributed by atoms with Crippen LogP contribution in [0.5, 0.6) is 0 Å². The Labute approximate surface area is 112 Å². The van der Waals surface area contributed by atoms with Crippen LogP contribution in [-0.4, -0.2) is 44.3 Å². The number of nitrogens with zero attached hydrogens (tertiary/aromatic N) is 2.